The zero-order valence-corrected chi connectivity index (χ0v) is 18.6. The first kappa shape index (κ1) is 23.1. The van der Waals surface area contributed by atoms with E-state index in [9.17, 15) is 17.6 Å². The minimum atomic E-state index is -4.17. The Morgan fingerprint density at radius 2 is 1.62 bits per heavy atom. The molecule has 3 aromatic rings. The average Bonchev–Trinajstić information content (AvgIpc) is 2.78. The SMILES string of the molecule is COc1ccc(N(CC(=O)Nc2cc(C)ccc2OC)S(=O)(=O)c2ccc(F)cc2)cc1. The van der Waals surface area contributed by atoms with Gasteiger partial charge in [0, 0.05) is 0 Å². The van der Waals surface area contributed by atoms with E-state index < -0.39 is 28.3 Å². The number of ether oxygens (including phenoxy) is 2. The fourth-order valence-electron chi connectivity index (χ4n) is 3.04. The summed E-state index contributed by atoms with van der Waals surface area (Å²) >= 11 is 0. The minimum absolute atomic E-state index is 0.143. The Hall–Kier alpha value is -3.59. The Labute approximate surface area is 186 Å². The number of hydrogen-bond acceptors (Lipinski definition) is 5. The van der Waals surface area contributed by atoms with Crippen LogP contribution in [-0.2, 0) is 14.8 Å². The molecule has 0 fully saturated rings. The second-order valence-electron chi connectivity index (χ2n) is 6.92. The molecule has 7 nitrogen and oxygen atoms in total. The first-order valence-electron chi connectivity index (χ1n) is 9.61. The van der Waals surface area contributed by atoms with Crippen LogP contribution in [0.5, 0.6) is 11.5 Å². The van der Waals surface area contributed by atoms with Gasteiger partial charge in [0.2, 0.25) is 5.91 Å². The highest BCUT2D eigenvalue weighted by Crippen LogP contribution is 2.28. The number of sulfonamides is 1. The van der Waals surface area contributed by atoms with E-state index in [1.165, 1.54) is 26.4 Å². The lowest BCUT2D eigenvalue weighted by Crippen LogP contribution is -2.38. The number of methoxy groups -OCH3 is 2. The summed E-state index contributed by atoms with van der Waals surface area (Å²) in [5, 5.41) is 2.70. The Kier molecular flexibility index (Phi) is 6.99. The maximum absolute atomic E-state index is 13.3. The number of carbonyl (C=O) groups excluding carboxylic acids is 1. The highest BCUT2D eigenvalue weighted by atomic mass is 32.2. The fraction of sp³-hybridized carbons (Fsp3) is 0.174. The maximum Gasteiger partial charge on any atom is 0.264 e. The number of hydrogen-bond donors (Lipinski definition) is 1. The smallest absolute Gasteiger partial charge is 0.264 e. The van der Waals surface area contributed by atoms with Crippen molar-refractivity contribution in [1.82, 2.24) is 0 Å². The average molecular weight is 459 g/mol. The predicted molar refractivity (Wildman–Crippen MR) is 120 cm³/mol. The van der Waals surface area contributed by atoms with Gasteiger partial charge in [-0.2, -0.15) is 0 Å². The minimum Gasteiger partial charge on any atom is -0.497 e. The van der Waals surface area contributed by atoms with Crippen molar-refractivity contribution in [2.45, 2.75) is 11.8 Å². The molecule has 0 atom stereocenters. The molecule has 1 N–H and O–H groups in total. The van der Waals surface area contributed by atoms with Crippen LogP contribution in [0.1, 0.15) is 5.56 Å². The van der Waals surface area contributed by atoms with E-state index in [0.29, 0.717) is 17.2 Å². The number of benzene rings is 3. The van der Waals surface area contributed by atoms with Crippen LogP contribution in [0.2, 0.25) is 0 Å². The predicted octanol–water partition coefficient (Wildman–Crippen LogP) is 3.99. The van der Waals surface area contributed by atoms with Crippen LogP contribution >= 0.6 is 0 Å². The molecule has 0 spiro atoms. The molecule has 0 aliphatic heterocycles. The van der Waals surface area contributed by atoms with Crippen molar-refractivity contribution in [1.29, 1.82) is 0 Å². The molecule has 32 heavy (non-hydrogen) atoms. The van der Waals surface area contributed by atoms with Gasteiger partial charge in [-0.1, -0.05) is 6.07 Å². The number of nitrogens with one attached hydrogen (secondary N) is 1. The van der Waals surface area contributed by atoms with Crippen LogP contribution in [0.3, 0.4) is 0 Å². The first-order chi connectivity index (χ1) is 15.2. The molecule has 0 saturated carbocycles. The third kappa shape index (κ3) is 5.17. The van der Waals surface area contributed by atoms with Gasteiger partial charge in [-0.3, -0.25) is 9.10 Å². The first-order valence-corrected chi connectivity index (χ1v) is 11.1. The van der Waals surface area contributed by atoms with Crippen LogP contribution < -0.4 is 19.1 Å². The number of rotatable bonds is 8. The third-order valence-corrected chi connectivity index (χ3v) is 6.47. The molecule has 9 heteroatoms. The summed E-state index contributed by atoms with van der Waals surface area (Å²) < 4.78 is 51.4. The molecule has 0 aliphatic carbocycles. The van der Waals surface area contributed by atoms with E-state index in [4.69, 9.17) is 9.47 Å². The molecule has 0 aromatic heterocycles. The summed E-state index contributed by atoms with van der Waals surface area (Å²) in [6.45, 7) is 1.35. The Bertz CT molecular complexity index is 1200. The lowest BCUT2D eigenvalue weighted by atomic mass is 10.2. The van der Waals surface area contributed by atoms with Gasteiger partial charge in [0.15, 0.2) is 0 Å². The third-order valence-electron chi connectivity index (χ3n) is 4.68. The Morgan fingerprint density at radius 1 is 0.969 bits per heavy atom. The number of aryl methyl sites for hydroxylation is 1. The van der Waals surface area contributed by atoms with Gasteiger partial charge in [0.25, 0.3) is 10.0 Å². The van der Waals surface area contributed by atoms with Crippen molar-refractivity contribution >= 4 is 27.3 Å². The second kappa shape index (κ2) is 9.69. The molecular weight excluding hydrogens is 435 g/mol. The number of carbonyl (C=O) groups is 1. The largest absolute Gasteiger partial charge is 0.497 e. The molecule has 0 aliphatic rings. The van der Waals surface area contributed by atoms with Crippen molar-refractivity contribution < 1.29 is 27.1 Å². The zero-order valence-electron chi connectivity index (χ0n) is 17.8. The van der Waals surface area contributed by atoms with E-state index in [0.717, 1.165) is 34.1 Å². The Balaban J connectivity index is 1.96. The zero-order chi connectivity index (χ0) is 23.3. The molecule has 0 radical (unpaired) electrons. The molecule has 0 heterocycles. The van der Waals surface area contributed by atoms with Gasteiger partial charge in [-0.15, -0.1) is 0 Å². The molecular formula is C23H23FN2O5S. The van der Waals surface area contributed by atoms with Crippen molar-refractivity contribution in [3.05, 3.63) is 78.1 Å². The summed E-state index contributed by atoms with van der Waals surface area (Å²) in [6, 6.07) is 15.9. The van der Waals surface area contributed by atoms with Crippen LogP contribution in [-0.4, -0.2) is 35.1 Å². The highest BCUT2D eigenvalue weighted by molar-refractivity contribution is 7.92. The molecule has 3 aromatic carbocycles. The van der Waals surface area contributed by atoms with Crippen molar-refractivity contribution in [3.8, 4) is 11.5 Å². The van der Waals surface area contributed by atoms with Crippen molar-refractivity contribution in [3.63, 3.8) is 0 Å². The summed E-state index contributed by atoms with van der Waals surface area (Å²) in [5.41, 5.74) is 1.57. The van der Waals surface area contributed by atoms with Gasteiger partial charge in [-0.05, 0) is 73.2 Å². The van der Waals surface area contributed by atoms with Crippen molar-refractivity contribution in [2.24, 2.45) is 0 Å². The van der Waals surface area contributed by atoms with Gasteiger partial charge in [-0.25, -0.2) is 12.8 Å². The normalized spacial score (nSPS) is 11.0. The van der Waals surface area contributed by atoms with Crippen LogP contribution in [0, 0.1) is 12.7 Å². The van der Waals surface area contributed by atoms with E-state index >= 15 is 0 Å². The highest BCUT2D eigenvalue weighted by Gasteiger charge is 2.27. The summed E-state index contributed by atoms with van der Waals surface area (Å²) in [7, 11) is -1.20. The van der Waals surface area contributed by atoms with E-state index in [1.54, 1.807) is 24.3 Å². The molecule has 0 unspecified atom stereocenters. The van der Waals surface area contributed by atoms with E-state index in [1.807, 2.05) is 13.0 Å². The molecule has 3 rings (SSSR count). The molecule has 168 valence electrons. The Morgan fingerprint density at radius 3 is 2.22 bits per heavy atom. The number of nitrogens with zero attached hydrogens (tertiary/aromatic N) is 1. The summed E-state index contributed by atoms with van der Waals surface area (Å²) in [5.74, 6) is -0.164. The van der Waals surface area contributed by atoms with E-state index in [2.05, 4.69) is 5.32 Å². The van der Waals surface area contributed by atoms with Gasteiger partial charge in [0.05, 0.1) is 30.5 Å². The van der Waals surface area contributed by atoms with Crippen LogP contribution in [0.15, 0.2) is 71.6 Å². The monoisotopic (exact) mass is 458 g/mol. The van der Waals surface area contributed by atoms with Gasteiger partial charge in [0.1, 0.15) is 23.9 Å². The standard InChI is InChI=1S/C23H23FN2O5S/c1-16-4-13-22(31-3)21(14-16)25-23(27)15-26(18-7-9-19(30-2)10-8-18)32(28,29)20-11-5-17(24)6-12-20/h4-14H,15H2,1-3H3,(H,25,27). The number of anilines is 2. The van der Waals surface area contributed by atoms with Crippen LogP contribution in [0.4, 0.5) is 15.8 Å². The molecule has 0 bridgehead atoms. The lowest BCUT2D eigenvalue weighted by molar-refractivity contribution is -0.114. The number of amides is 1. The van der Waals surface area contributed by atoms with Crippen LogP contribution in [0.25, 0.3) is 0 Å². The fourth-order valence-corrected chi connectivity index (χ4v) is 4.46. The van der Waals surface area contributed by atoms with Gasteiger partial charge >= 0.3 is 0 Å². The summed E-state index contributed by atoms with van der Waals surface area (Å²) in [6.07, 6.45) is 0. The van der Waals surface area contributed by atoms with Crippen molar-refractivity contribution in [2.75, 3.05) is 30.4 Å². The van der Waals surface area contributed by atoms with E-state index in [-0.39, 0.29) is 10.6 Å². The maximum atomic E-state index is 13.3. The quantitative estimate of drug-likeness (QED) is 0.552. The number of halogens is 1. The topological polar surface area (TPSA) is 84.9 Å². The summed E-state index contributed by atoms with van der Waals surface area (Å²) in [4.78, 5) is 12.7. The molecule has 0 saturated heterocycles. The lowest BCUT2D eigenvalue weighted by Gasteiger charge is -2.24. The second-order valence-corrected chi connectivity index (χ2v) is 8.78. The molecule has 1 amide bonds. The van der Waals surface area contributed by atoms with Gasteiger partial charge < -0.3 is 14.8 Å².